The molecule has 3 nitrogen and oxygen atoms in total. The normalized spacial score (nSPS) is 15.2. The van der Waals surface area contributed by atoms with Crippen LogP contribution < -0.4 is 10.6 Å². The maximum absolute atomic E-state index is 9.06. The Morgan fingerprint density at radius 2 is 1.88 bits per heavy atom. The minimum absolute atomic E-state index is 0.0908. The Kier molecular flexibility index (Phi) is 3.47. The molecule has 0 atom stereocenters. The van der Waals surface area contributed by atoms with Crippen molar-refractivity contribution in [2.45, 2.75) is 18.9 Å². The molecule has 0 unspecified atom stereocenters. The quantitative estimate of drug-likeness (QED) is 0.819. The average molecular weight is 261 g/mol. The molecule has 1 saturated carbocycles. The van der Waals surface area contributed by atoms with Crippen LogP contribution in [0.15, 0.2) is 12.1 Å². The lowest BCUT2D eigenvalue weighted by atomic mass is 10.2. The highest BCUT2D eigenvalue weighted by Gasteiger charge is 2.31. The molecule has 88 valence electrons. The third kappa shape index (κ3) is 2.37. The zero-order valence-corrected chi connectivity index (χ0v) is 10.3. The van der Waals surface area contributed by atoms with E-state index >= 15 is 0 Å². The molecule has 0 spiro atoms. The first-order valence-corrected chi connectivity index (χ1v) is 6.01. The van der Waals surface area contributed by atoms with Gasteiger partial charge in [-0.05, 0) is 25.0 Å². The molecule has 0 heterocycles. The number of halogens is 2. The first-order chi connectivity index (χ1) is 7.63. The zero-order chi connectivity index (χ0) is 11.7. The van der Waals surface area contributed by atoms with Gasteiger partial charge in [-0.1, -0.05) is 23.2 Å². The van der Waals surface area contributed by atoms with Crippen LogP contribution in [0.4, 0.5) is 11.4 Å². The van der Waals surface area contributed by atoms with Gasteiger partial charge < -0.3 is 15.7 Å². The number of hydrogen-bond acceptors (Lipinski definition) is 3. The van der Waals surface area contributed by atoms with Crippen LogP contribution in [0, 0.1) is 0 Å². The van der Waals surface area contributed by atoms with E-state index in [-0.39, 0.29) is 6.61 Å². The van der Waals surface area contributed by atoms with Crippen LogP contribution in [-0.2, 0) is 0 Å². The SMILES string of the molecule is Nc1cc(Cl)c(N(CCO)C2CC2)c(Cl)c1. The molecular weight excluding hydrogens is 247 g/mol. The van der Waals surface area contributed by atoms with Crippen molar-refractivity contribution in [2.24, 2.45) is 0 Å². The van der Waals surface area contributed by atoms with Gasteiger partial charge in [0.1, 0.15) is 0 Å². The van der Waals surface area contributed by atoms with E-state index in [1.54, 1.807) is 12.1 Å². The minimum atomic E-state index is 0.0908. The van der Waals surface area contributed by atoms with Gasteiger partial charge in [-0.3, -0.25) is 0 Å². The summed E-state index contributed by atoms with van der Waals surface area (Å²) >= 11 is 12.3. The fourth-order valence-electron chi connectivity index (χ4n) is 1.83. The van der Waals surface area contributed by atoms with E-state index in [0.717, 1.165) is 18.5 Å². The number of hydrogen-bond donors (Lipinski definition) is 2. The third-order valence-electron chi connectivity index (χ3n) is 2.65. The van der Waals surface area contributed by atoms with Crippen molar-refractivity contribution >= 4 is 34.6 Å². The summed E-state index contributed by atoms with van der Waals surface area (Å²) in [5.41, 5.74) is 7.00. The highest BCUT2D eigenvalue weighted by Crippen LogP contribution is 2.41. The monoisotopic (exact) mass is 260 g/mol. The molecule has 0 amide bonds. The largest absolute Gasteiger partial charge is 0.399 e. The maximum atomic E-state index is 9.06. The van der Waals surface area contributed by atoms with Gasteiger partial charge >= 0.3 is 0 Å². The van der Waals surface area contributed by atoms with Gasteiger partial charge in [-0.2, -0.15) is 0 Å². The Labute approximate surface area is 105 Å². The van der Waals surface area contributed by atoms with Crippen molar-refractivity contribution in [3.05, 3.63) is 22.2 Å². The van der Waals surface area contributed by atoms with Crippen molar-refractivity contribution in [2.75, 3.05) is 23.8 Å². The molecule has 3 N–H and O–H groups in total. The summed E-state index contributed by atoms with van der Waals surface area (Å²) < 4.78 is 0. The number of aliphatic hydroxyl groups excluding tert-OH is 1. The molecule has 1 aliphatic rings. The molecule has 2 rings (SSSR count). The number of rotatable bonds is 4. The van der Waals surface area contributed by atoms with Crippen LogP contribution >= 0.6 is 23.2 Å². The van der Waals surface area contributed by atoms with Crippen LogP contribution in [0.25, 0.3) is 0 Å². The summed E-state index contributed by atoms with van der Waals surface area (Å²) in [6, 6.07) is 3.83. The summed E-state index contributed by atoms with van der Waals surface area (Å²) in [5, 5.41) is 10.2. The molecule has 1 aromatic carbocycles. The topological polar surface area (TPSA) is 49.5 Å². The minimum Gasteiger partial charge on any atom is -0.399 e. The van der Waals surface area contributed by atoms with Gasteiger partial charge in [0.2, 0.25) is 0 Å². The van der Waals surface area contributed by atoms with Crippen molar-refractivity contribution in [3.8, 4) is 0 Å². The number of anilines is 2. The van der Waals surface area contributed by atoms with Crippen LogP contribution in [0.1, 0.15) is 12.8 Å². The van der Waals surface area contributed by atoms with Crippen molar-refractivity contribution in [3.63, 3.8) is 0 Å². The lowest BCUT2D eigenvalue weighted by Crippen LogP contribution is -2.29. The molecule has 16 heavy (non-hydrogen) atoms. The average Bonchev–Trinajstić information content (AvgIpc) is 2.97. The molecule has 0 bridgehead atoms. The molecule has 1 fully saturated rings. The number of nitrogens with two attached hydrogens (primary N) is 1. The molecule has 0 radical (unpaired) electrons. The number of aliphatic hydroxyl groups is 1. The standard InChI is InChI=1S/C11H14Cl2N2O/c12-9-5-7(14)6-10(13)11(9)15(3-4-16)8-1-2-8/h5-6,8,16H,1-4,14H2. The third-order valence-corrected chi connectivity index (χ3v) is 3.23. The molecule has 0 aromatic heterocycles. The maximum Gasteiger partial charge on any atom is 0.0749 e. The number of nitrogen functional groups attached to an aromatic ring is 1. The second-order valence-electron chi connectivity index (χ2n) is 3.98. The Morgan fingerprint density at radius 3 is 2.31 bits per heavy atom. The highest BCUT2D eigenvalue weighted by atomic mass is 35.5. The zero-order valence-electron chi connectivity index (χ0n) is 8.79. The van der Waals surface area contributed by atoms with E-state index in [1.165, 1.54) is 0 Å². The second kappa shape index (κ2) is 4.70. The smallest absolute Gasteiger partial charge is 0.0749 e. The fraction of sp³-hybridized carbons (Fsp3) is 0.455. The van der Waals surface area contributed by atoms with E-state index in [1.807, 2.05) is 0 Å². The Hall–Kier alpha value is -0.640. The predicted octanol–water partition coefficient (Wildman–Crippen LogP) is 2.54. The lowest BCUT2D eigenvalue weighted by Gasteiger charge is -2.26. The van der Waals surface area contributed by atoms with Crippen molar-refractivity contribution < 1.29 is 5.11 Å². The Morgan fingerprint density at radius 1 is 1.31 bits per heavy atom. The predicted molar refractivity (Wildman–Crippen MR) is 68.3 cm³/mol. The van der Waals surface area contributed by atoms with Gasteiger partial charge in [0.15, 0.2) is 0 Å². The molecule has 1 aliphatic carbocycles. The highest BCUT2D eigenvalue weighted by molar-refractivity contribution is 6.39. The van der Waals surface area contributed by atoms with Crippen molar-refractivity contribution in [1.82, 2.24) is 0 Å². The van der Waals surface area contributed by atoms with E-state index in [4.69, 9.17) is 34.0 Å². The summed E-state index contributed by atoms with van der Waals surface area (Å²) in [6.45, 7) is 0.640. The molecule has 0 saturated heterocycles. The van der Waals surface area contributed by atoms with Crippen LogP contribution in [0.5, 0.6) is 0 Å². The number of nitrogens with zero attached hydrogens (tertiary/aromatic N) is 1. The van der Waals surface area contributed by atoms with E-state index in [2.05, 4.69) is 4.90 Å². The second-order valence-corrected chi connectivity index (χ2v) is 4.80. The van der Waals surface area contributed by atoms with Gasteiger partial charge in [0.05, 0.1) is 22.3 Å². The fourth-order valence-corrected chi connectivity index (χ4v) is 2.55. The summed E-state index contributed by atoms with van der Waals surface area (Å²) in [4.78, 5) is 2.06. The lowest BCUT2D eigenvalue weighted by molar-refractivity contribution is 0.301. The summed E-state index contributed by atoms with van der Waals surface area (Å²) in [6.07, 6.45) is 2.24. The molecule has 5 heteroatoms. The van der Waals surface area contributed by atoms with E-state index in [0.29, 0.717) is 28.3 Å². The Balaban J connectivity index is 2.36. The Bertz CT molecular complexity index is 371. The van der Waals surface area contributed by atoms with Crippen molar-refractivity contribution in [1.29, 1.82) is 0 Å². The van der Waals surface area contributed by atoms with E-state index < -0.39 is 0 Å². The van der Waals surface area contributed by atoms with Crippen LogP contribution in [0.2, 0.25) is 10.0 Å². The van der Waals surface area contributed by atoms with Gasteiger partial charge in [0.25, 0.3) is 0 Å². The summed E-state index contributed by atoms with van der Waals surface area (Å²) in [5.74, 6) is 0. The van der Waals surface area contributed by atoms with Crippen LogP contribution in [-0.4, -0.2) is 24.3 Å². The number of benzene rings is 1. The molecular formula is C11H14Cl2N2O. The first-order valence-electron chi connectivity index (χ1n) is 5.25. The van der Waals surface area contributed by atoms with Gasteiger partial charge in [-0.15, -0.1) is 0 Å². The summed E-state index contributed by atoms with van der Waals surface area (Å²) in [7, 11) is 0. The molecule has 1 aromatic rings. The van der Waals surface area contributed by atoms with Gasteiger partial charge in [0, 0.05) is 18.3 Å². The van der Waals surface area contributed by atoms with E-state index in [9.17, 15) is 0 Å². The van der Waals surface area contributed by atoms with Crippen LogP contribution in [0.3, 0.4) is 0 Å². The van der Waals surface area contributed by atoms with Gasteiger partial charge in [-0.25, -0.2) is 0 Å². The first kappa shape index (κ1) is 11.8. The molecule has 0 aliphatic heterocycles.